The Balaban J connectivity index is 1.76. The van der Waals surface area contributed by atoms with Gasteiger partial charge in [0.2, 0.25) is 0 Å². The molecule has 1 fully saturated rings. The lowest BCUT2D eigenvalue weighted by Gasteiger charge is -2.07. The Labute approximate surface area is 241 Å². The number of aromatic amines is 1. The molecule has 1 aliphatic carbocycles. The summed E-state index contributed by atoms with van der Waals surface area (Å²) in [5.41, 5.74) is 14.8. The number of H-pyrrole nitrogens is 1. The van der Waals surface area contributed by atoms with Crippen molar-refractivity contribution in [2.45, 2.75) is 86.5 Å². The molecule has 1 aromatic heterocycles. The van der Waals surface area contributed by atoms with Crippen LogP contribution in [-0.4, -0.2) is 33.0 Å². The van der Waals surface area contributed by atoms with Crippen LogP contribution in [0, 0.1) is 0 Å². The Morgan fingerprint density at radius 1 is 0.756 bits per heavy atom. The molecule has 6 rings (SSSR count). The quantitative estimate of drug-likeness (QED) is 0.431. The Bertz CT molecular complexity index is 1820. The minimum atomic E-state index is 0.127. The molecule has 0 aromatic carbocycles. The lowest BCUT2D eigenvalue weighted by atomic mass is 9.96. The van der Waals surface area contributed by atoms with Gasteiger partial charge >= 0.3 is 0 Å². The van der Waals surface area contributed by atoms with Gasteiger partial charge in [0.25, 0.3) is 0 Å². The van der Waals surface area contributed by atoms with E-state index >= 15 is 0 Å². The second kappa shape index (κ2) is 10.4. The van der Waals surface area contributed by atoms with Crippen molar-refractivity contribution >= 4 is 41.3 Å². The van der Waals surface area contributed by atoms with Crippen molar-refractivity contribution in [3.63, 3.8) is 0 Å². The van der Waals surface area contributed by atoms with Crippen molar-refractivity contribution in [3.05, 3.63) is 84.0 Å². The van der Waals surface area contributed by atoms with Crippen molar-refractivity contribution in [2.75, 3.05) is 0 Å². The molecule has 6 nitrogen and oxygen atoms in total. The first-order valence-electron chi connectivity index (χ1n) is 15.1. The third kappa shape index (κ3) is 3.98. The molecule has 0 saturated heterocycles. The smallest absolute Gasteiger partial charge is 0.169 e. The molecular formula is C35H38N4O2. The first-order chi connectivity index (χ1) is 19.9. The van der Waals surface area contributed by atoms with Gasteiger partial charge in [0.05, 0.1) is 45.8 Å². The summed E-state index contributed by atoms with van der Waals surface area (Å²) in [5.74, 6) is 0.127. The fourth-order valence-electron chi connectivity index (χ4n) is 7.10. The average Bonchev–Trinajstić information content (AvgIpc) is 3.75. The predicted octanol–water partition coefficient (Wildman–Crippen LogP) is 6.42. The van der Waals surface area contributed by atoms with Gasteiger partial charge in [-0.15, -0.1) is 0 Å². The second-order valence-corrected chi connectivity index (χ2v) is 10.9. The van der Waals surface area contributed by atoms with Crippen LogP contribution in [0.15, 0.2) is 77.2 Å². The summed E-state index contributed by atoms with van der Waals surface area (Å²) in [6, 6.07) is 0. The monoisotopic (exact) mass is 546 g/mol. The molecule has 0 unspecified atom stereocenters. The number of aliphatic hydroxyl groups excluding tert-OH is 1. The molecule has 0 radical (unpaired) electrons. The zero-order chi connectivity index (χ0) is 29.0. The van der Waals surface area contributed by atoms with E-state index in [1.54, 1.807) is 0 Å². The van der Waals surface area contributed by atoms with Crippen molar-refractivity contribution in [2.24, 2.45) is 15.0 Å². The Kier molecular flexibility index (Phi) is 6.88. The van der Waals surface area contributed by atoms with Gasteiger partial charge in [-0.2, -0.15) is 0 Å². The van der Waals surface area contributed by atoms with Crippen LogP contribution < -0.4 is 10.6 Å². The number of hydrogen-bond donors (Lipinski definition) is 2. The SMILES string of the molecule is CCC1=C(CC)C2=NC1=Cc1[nH]c(/c(=C\O)c1CC)=CC1=NC(=C3CC(=O)C4=C(CC)C(=C2)N=C34)C(CC)=C1CC. The number of carbonyl (C=O) groups excluding carboxylic acids is 1. The maximum Gasteiger partial charge on any atom is 0.169 e. The number of nitrogens with zero attached hydrogens (tertiary/aromatic N) is 3. The number of ketones is 1. The molecule has 5 heterocycles. The van der Waals surface area contributed by atoms with Crippen LogP contribution in [0.1, 0.15) is 91.3 Å². The summed E-state index contributed by atoms with van der Waals surface area (Å²) in [4.78, 5) is 32.6. The van der Waals surface area contributed by atoms with Gasteiger partial charge < -0.3 is 10.1 Å². The van der Waals surface area contributed by atoms with Crippen LogP contribution in [0.5, 0.6) is 0 Å². The van der Waals surface area contributed by atoms with E-state index in [1.807, 2.05) is 0 Å². The minimum absolute atomic E-state index is 0.127. The molecule has 1 aromatic rings. The summed E-state index contributed by atoms with van der Waals surface area (Å²) in [6.45, 7) is 12.9. The van der Waals surface area contributed by atoms with E-state index < -0.39 is 0 Å². The molecule has 0 amide bonds. The largest absolute Gasteiger partial charge is 0.515 e. The van der Waals surface area contributed by atoms with Crippen LogP contribution in [-0.2, 0) is 11.2 Å². The number of hydrogen-bond acceptors (Lipinski definition) is 5. The number of aliphatic imine (C=N–C) groups is 3. The molecule has 0 spiro atoms. The zero-order valence-electron chi connectivity index (χ0n) is 25.0. The van der Waals surface area contributed by atoms with E-state index in [0.29, 0.717) is 6.42 Å². The van der Waals surface area contributed by atoms with Crippen molar-refractivity contribution in [1.82, 2.24) is 4.98 Å². The van der Waals surface area contributed by atoms with Crippen LogP contribution in [0.3, 0.4) is 0 Å². The number of aliphatic hydroxyl groups is 1. The van der Waals surface area contributed by atoms with Gasteiger partial charge in [-0.1, -0.05) is 41.5 Å². The number of allylic oxidation sites excluding steroid dienone is 8. The normalized spacial score (nSPS) is 20.3. The number of aromatic nitrogens is 1. The number of Topliss-reactive ketones (excluding diaryl/α,β-unsaturated/α-hetero) is 1. The van der Waals surface area contributed by atoms with Crippen molar-refractivity contribution in [3.8, 4) is 0 Å². The van der Waals surface area contributed by atoms with E-state index in [4.69, 9.17) is 15.0 Å². The second-order valence-electron chi connectivity index (χ2n) is 10.9. The van der Waals surface area contributed by atoms with Gasteiger partial charge in [-0.3, -0.25) is 4.79 Å². The summed E-state index contributed by atoms with van der Waals surface area (Å²) >= 11 is 0. The van der Waals surface area contributed by atoms with Gasteiger partial charge in [-0.25, -0.2) is 15.0 Å². The molecule has 5 aliphatic rings. The number of carbonyl (C=O) groups is 1. The van der Waals surface area contributed by atoms with Crippen molar-refractivity contribution in [1.29, 1.82) is 0 Å². The molecule has 41 heavy (non-hydrogen) atoms. The Hall–Kier alpha value is -4.06. The molecule has 1 saturated carbocycles. The lowest BCUT2D eigenvalue weighted by Crippen LogP contribution is -2.26. The van der Waals surface area contributed by atoms with E-state index in [1.165, 1.54) is 28.6 Å². The number of fused-ring (bicyclic) bond motifs is 5. The Morgan fingerprint density at radius 2 is 1.39 bits per heavy atom. The molecule has 4 aliphatic heterocycles. The minimum Gasteiger partial charge on any atom is -0.515 e. The fourth-order valence-corrected chi connectivity index (χ4v) is 7.10. The number of rotatable bonds is 6. The number of nitrogens with one attached hydrogen (secondary N) is 1. The lowest BCUT2D eigenvalue weighted by molar-refractivity contribution is -0.114. The topological polar surface area (TPSA) is 90.2 Å². The summed E-state index contributed by atoms with van der Waals surface area (Å²) in [7, 11) is 0. The van der Waals surface area contributed by atoms with E-state index in [2.05, 4.69) is 64.8 Å². The van der Waals surface area contributed by atoms with E-state index in [-0.39, 0.29) is 5.78 Å². The first kappa shape index (κ1) is 27.1. The molecule has 8 bridgehead atoms. The van der Waals surface area contributed by atoms with E-state index in [0.717, 1.165) is 111 Å². The van der Waals surface area contributed by atoms with Gasteiger partial charge in [0.15, 0.2) is 5.78 Å². The summed E-state index contributed by atoms with van der Waals surface area (Å²) in [6.07, 6.45) is 12.6. The molecule has 2 N–H and O–H groups in total. The van der Waals surface area contributed by atoms with Crippen LogP contribution in [0.25, 0.3) is 18.4 Å². The predicted molar refractivity (Wildman–Crippen MR) is 169 cm³/mol. The highest BCUT2D eigenvalue weighted by molar-refractivity contribution is 6.38. The molecule has 6 heteroatoms. The zero-order valence-corrected chi connectivity index (χ0v) is 25.0. The summed E-state index contributed by atoms with van der Waals surface area (Å²) < 4.78 is 0. The molecule has 0 atom stereocenters. The fraction of sp³-hybridized carbons (Fsp3) is 0.371. The third-order valence-electron chi connectivity index (χ3n) is 8.98. The molecule has 210 valence electrons. The van der Waals surface area contributed by atoms with Gasteiger partial charge in [0.1, 0.15) is 0 Å². The van der Waals surface area contributed by atoms with Crippen molar-refractivity contribution < 1.29 is 9.90 Å². The maximum atomic E-state index is 13.5. The molecular weight excluding hydrogens is 508 g/mol. The summed E-state index contributed by atoms with van der Waals surface area (Å²) in [5, 5.41) is 12.0. The highest BCUT2D eigenvalue weighted by atomic mass is 16.2. The maximum absolute atomic E-state index is 13.5. The van der Waals surface area contributed by atoms with Crippen LogP contribution >= 0.6 is 0 Å². The Morgan fingerprint density at radius 3 is 2.02 bits per heavy atom. The standard InChI is InChI=1S/C35H38N4O2/c1-7-18-19(8-2)27-15-30-23(12-6)33-32(41)13-24(35(33)39-30)34-22(11-5)20(9-3)29(38-34)16-31-25(17-40)21(10-4)28(37-31)14-26(18)36-27/h14-17,37,40H,7-13H2,1-6H3/b25-17-,26-14?,30-15?,31-16?,34-24?. The van der Waals surface area contributed by atoms with Gasteiger partial charge in [0, 0.05) is 28.5 Å². The third-order valence-corrected chi connectivity index (χ3v) is 8.98. The van der Waals surface area contributed by atoms with Gasteiger partial charge in [-0.05, 0) is 90.2 Å². The van der Waals surface area contributed by atoms with Crippen LogP contribution in [0.4, 0.5) is 0 Å². The average molecular weight is 547 g/mol. The highest BCUT2D eigenvalue weighted by Crippen LogP contribution is 2.43. The van der Waals surface area contributed by atoms with E-state index in [9.17, 15) is 9.90 Å². The highest BCUT2D eigenvalue weighted by Gasteiger charge is 2.40. The first-order valence-corrected chi connectivity index (χ1v) is 15.1. The van der Waals surface area contributed by atoms with Crippen LogP contribution in [0.2, 0.25) is 0 Å².